The van der Waals surface area contributed by atoms with E-state index in [2.05, 4.69) is 10.0 Å². The third-order valence-electron chi connectivity index (χ3n) is 1.71. The monoisotopic (exact) mass is 208 g/mol. The Morgan fingerprint density at radius 3 is 2.50 bits per heavy atom. The fraction of sp³-hybridized carbons (Fsp3) is 0.429. The van der Waals surface area contributed by atoms with Crippen LogP contribution < -0.4 is 0 Å². The third kappa shape index (κ3) is 1.70. The zero-order valence-electron chi connectivity index (χ0n) is 7.40. The second kappa shape index (κ2) is 3.32. The van der Waals surface area contributed by atoms with Gasteiger partial charge in [0.05, 0.1) is 0 Å². The Morgan fingerprint density at radius 1 is 1.57 bits per heavy atom. The average Bonchev–Trinajstić information content (AvgIpc) is 2.45. The number of rotatable bonds is 2. The molecular weight excluding hydrogens is 201 g/mol. The predicted octanol–water partition coefficient (Wildman–Crippen LogP) is 1.87. The third-order valence-corrected chi connectivity index (χ3v) is 1.71. The van der Waals surface area contributed by atoms with Gasteiger partial charge < -0.3 is 0 Å². The van der Waals surface area contributed by atoms with E-state index in [-0.39, 0.29) is 5.56 Å². The molecule has 78 valence electrons. The minimum absolute atomic E-state index is 0.125. The number of nitrogens with zero attached hydrogens (tertiary/aromatic N) is 1. The van der Waals surface area contributed by atoms with Gasteiger partial charge in [0.25, 0.3) is 5.92 Å². The van der Waals surface area contributed by atoms with Gasteiger partial charge in [-0.1, -0.05) is 0 Å². The molecule has 0 saturated heterocycles. The molecule has 0 aliphatic carbocycles. The minimum atomic E-state index is -3.16. The van der Waals surface area contributed by atoms with Gasteiger partial charge in [-0.3, -0.25) is 5.10 Å². The van der Waals surface area contributed by atoms with Crippen LogP contribution in [0.4, 0.5) is 13.3 Å². The zero-order chi connectivity index (χ0) is 10.9. The normalized spacial score (nSPS) is 11.5. The first-order valence-corrected chi connectivity index (χ1v) is 3.64. The highest BCUT2D eigenvalue weighted by Gasteiger charge is 2.32. The molecule has 1 aromatic rings. The molecule has 0 amide bonds. The van der Waals surface area contributed by atoms with E-state index in [1.54, 1.807) is 0 Å². The van der Waals surface area contributed by atoms with E-state index in [9.17, 15) is 18.1 Å². The van der Waals surface area contributed by atoms with Gasteiger partial charge in [0.2, 0.25) is 0 Å². The van der Waals surface area contributed by atoms with E-state index in [4.69, 9.17) is 0 Å². The molecule has 0 atom stereocenters. The van der Waals surface area contributed by atoms with Crippen LogP contribution in [-0.4, -0.2) is 16.2 Å². The van der Waals surface area contributed by atoms with Gasteiger partial charge in [0, 0.05) is 17.0 Å². The van der Waals surface area contributed by atoms with E-state index in [1.165, 1.54) is 6.92 Å². The molecule has 0 bridgehead atoms. The molecule has 1 aromatic heterocycles. The molecule has 1 N–H and O–H groups in total. The first-order valence-electron chi connectivity index (χ1n) is 3.64. The molecule has 14 heavy (non-hydrogen) atoms. The standard InChI is InChI=1S/C7H7F3N2O2/c1-3-4(6(13)14-10)11-12-5(3)7(2,8)9/h1-2H3,(H,11,12). The summed E-state index contributed by atoms with van der Waals surface area (Å²) in [5.74, 6) is -4.56. The van der Waals surface area contributed by atoms with Gasteiger partial charge in [0.1, 0.15) is 5.69 Å². The van der Waals surface area contributed by atoms with Crippen LogP contribution in [0.15, 0.2) is 0 Å². The lowest BCUT2D eigenvalue weighted by molar-refractivity contribution is -0.0793. The summed E-state index contributed by atoms with van der Waals surface area (Å²) < 4.78 is 37.0. The molecule has 0 spiro atoms. The second-order valence-electron chi connectivity index (χ2n) is 2.83. The quantitative estimate of drug-likeness (QED) is 0.807. The summed E-state index contributed by atoms with van der Waals surface area (Å²) >= 11 is 0. The Balaban J connectivity index is 3.15. The second-order valence-corrected chi connectivity index (χ2v) is 2.83. The number of carbonyl (C=O) groups excluding carboxylic acids is 1. The summed E-state index contributed by atoms with van der Waals surface area (Å²) in [4.78, 5) is 13.5. The Bertz CT molecular complexity index is 356. The van der Waals surface area contributed by atoms with Gasteiger partial charge in [-0.25, -0.2) is 9.74 Å². The molecule has 0 radical (unpaired) electrons. The largest absolute Gasteiger partial charge is 0.399 e. The molecule has 0 aliphatic heterocycles. The van der Waals surface area contributed by atoms with Crippen molar-refractivity contribution >= 4 is 5.97 Å². The molecule has 1 heterocycles. The van der Waals surface area contributed by atoms with Crippen molar-refractivity contribution in [2.24, 2.45) is 0 Å². The zero-order valence-corrected chi connectivity index (χ0v) is 7.40. The van der Waals surface area contributed by atoms with E-state index in [1.807, 2.05) is 5.10 Å². The van der Waals surface area contributed by atoms with Gasteiger partial charge in [-0.15, -0.1) is 0 Å². The molecule has 0 saturated carbocycles. The van der Waals surface area contributed by atoms with Crippen molar-refractivity contribution in [1.82, 2.24) is 10.2 Å². The van der Waals surface area contributed by atoms with Crippen molar-refractivity contribution in [2.45, 2.75) is 19.8 Å². The van der Waals surface area contributed by atoms with Crippen molar-refractivity contribution in [2.75, 3.05) is 0 Å². The number of aromatic amines is 1. The number of nitrogens with one attached hydrogen (secondary N) is 1. The lowest BCUT2D eigenvalue weighted by atomic mass is 10.1. The Hall–Kier alpha value is -1.53. The molecule has 4 nitrogen and oxygen atoms in total. The maximum absolute atomic E-state index is 12.8. The SMILES string of the molecule is Cc1c(C(=O)OF)n[nH]c1C(C)(F)F. The predicted molar refractivity (Wildman–Crippen MR) is 39.4 cm³/mol. The van der Waals surface area contributed by atoms with Gasteiger partial charge in [0.15, 0.2) is 5.69 Å². The summed E-state index contributed by atoms with van der Waals surface area (Å²) in [6, 6.07) is 0. The molecule has 0 aromatic carbocycles. The lowest BCUT2D eigenvalue weighted by Gasteiger charge is -2.07. The Labute approximate surface area is 77.0 Å². The van der Waals surface area contributed by atoms with Crippen molar-refractivity contribution < 1.29 is 23.0 Å². The number of halogens is 3. The number of aromatic nitrogens is 2. The van der Waals surface area contributed by atoms with Crippen molar-refractivity contribution in [3.63, 3.8) is 0 Å². The topological polar surface area (TPSA) is 55.0 Å². The smallest absolute Gasteiger partial charge is 0.275 e. The van der Waals surface area contributed by atoms with Crippen LogP contribution in [0.1, 0.15) is 28.7 Å². The number of carbonyl (C=O) groups is 1. The number of hydrogen-bond acceptors (Lipinski definition) is 3. The van der Waals surface area contributed by atoms with Crippen LogP contribution in [0.3, 0.4) is 0 Å². The molecule has 0 fully saturated rings. The van der Waals surface area contributed by atoms with Crippen LogP contribution in [0.5, 0.6) is 0 Å². The van der Waals surface area contributed by atoms with Gasteiger partial charge >= 0.3 is 5.97 Å². The maximum atomic E-state index is 12.8. The van der Waals surface area contributed by atoms with Crippen molar-refractivity contribution in [3.8, 4) is 0 Å². The number of H-pyrrole nitrogens is 1. The summed E-state index contributed by atoms with van der Waals surface area (Å²) in [6.45, 7) is 1.86. The minimum Gasteiger partial charge on any atom is -0.275 e. The van der Waals surface area contributed by atoms with E-state index >= 15 is 0 Å². The number of hydrogen-bond donors (Lipinski definition) is 1. The number of alkyl halides is 2. The highest BCUT2D eigenvalue weighted by molar-refractivity contribution is 5.88. The van der Waals surface area contributed by atoms with Crippen molar-refractivity contribution in [1.29, 1.82) is 0 Å². The van der Waals surface area contributed by atoms with Crippen LogP contribution in [0.25, 0.3) is 0 Å². The highest BCUT2D eigenvalue weighted by atomic mass is 19.3. The summed E-state index contributed by atoms with van der Waals surface area (Å²) in [6.07, 6.45) is 0. The van der Waals surface area contributed by atoms with Gasteiger partial charge in [-0.05, 0) is 6.92 Å². The van der Waals surface area contributed by atoms with Crippen LogP contribution >= 0.6 is 0 Å². The summed E-state index contributed by atoms with van der Waals surface area (Å²) in [7, 11) is 0. The van der Waals surface area contributed by atoms with Crippen LogP contribution in [0, 0.1) is 6.92 Å². The first kappa shape index (κ1) is 10.6. The first-order chi connectivity index (χ1) is 6.38. The van der Waals surface area contributed by atoms with Crippen molar-refractivity contribution in [3.05, 3.63) is 17.0 Å². The van der Waals surface area contributed by atoms with Crippen LogP contribution in [-0.2, 0) is 10.9 Å². The van der Waals surface area contributed by atoms with E-state index < -0.39 is 23.3 Å². The van der Waals surface area contributed by atoms with E-state index in [0.29, 0.717) is 6.92 Å². The maximum Gasteiger partial charge on any atom is 0.399 e. The van der Waals surface area contributed by atoms with E-state index in [0.717, 1.165) is 0 Å². The van der Waals surface area contributed by atoms with Gasteiger partial charge in [-0.2, -0.15) is 13.9 Å². The lowest BCUT2D eigenvalue weighted by Crippen LogP contribution is -2.10. The molecular formula is C7H7F3N2O2. The summed E-state index contributed by atoms with van der Waals surface area (Å²) in [5.41, 5.74) is -1.14. The molecule has 1 rings (SSSR count). The highest BCUT2D eigenvalue weighted by Crippen LogP contribution is 2.29. The fourth-order valence-corrected chi connectivity index (χ4v) is 1.06. The average molecular weight is 208 g/mol. The molecule has 0 unspecified atom stereocenters. The van der Waals surface area contributed by atoms with Crippen LogP contribution in [0.2, 0.25) is 0 Å². The fourth-order valence-electron chi connectivity index (χ4n) is 1.06. The summed E-state index contributed by atoms with van der Waals surface area (Å²) in [5, 5.41) is 5.20. The molecule has 7 heteroatoms. The Kier molecular flexibility index (Phi) is 2.50. The Morgan fingerprint density at radius 2 is 2.14 bits per heavy atom. The molecule has 0 aliphatic rings.